The number of hydrogen-bond acceptors (Lipinski definition) is 3. The predicted octanol–water partition coefficient (Wildman–Crippen LogP) is 4.85. The first-order valence-electron chi connectivity index (χ1n) is 10.6. The number of nitrogens with zero attached hydrogens (tertiary/aromatic N) is 1. The quantitative estimate of drug-likeness (QED) is 0.321. The fraction of sp³-hybridized carbons (Fsp3) is 0.545. The first-order chi connectivity index (χ1) is 15.2. The number of alkyl halides is 4. The van der Waals surface area contributed by atoms with E-state index in [4.69, 9.17) is 16.0 Å². The smallest absolute Gasteiger partial charge is 0.420 e. The van der Waals surface area contributed by atoms with Crippen LogP contribution < -0.4 is 5.32 Å². The van der Waals surface area contributed by atoms with E-state index in [9.17, 15) is 27.2 Å². The van der Waals surface area contributed by atoms with E-state index in [1.165, 1.54) is 4.90 Å². The standard InChI is InChI=1S/C22H23ClF4N2O3/c23-19-16-7-14(12-1-2-12)8-17(22(25,26)27)20(16)32-18(19)4-3-13(5-6-28-11-30)21(31)29-9-15(24)10-29/h7-8,11-13,15H,1-6,9-10H2,(H,28,30). The molecule has 0 radical (unpaired) electrons. The lowest BCUT2D eigenvalue weighted by atomic mass is 9.95. The molecule has 2 amide bonds. The van der Waals surface area contributed by atoms with Crippen LogP contribution in [0.5, 0.6) is 0 Å². The van der Waals surface area contributed by atoms with E-state index >= 15 is 0 Å². The van der Waals surface area contributed by atoms with E-state index in [-0.39, 0.29) is 66.1 Å². The van der Waals surface area contributed by atoms with E-state index in [0.29, 0.717) is 18.4 Å². The molecular formula is C22H23ClF4N2O3. The molecule has 1 N–H and O–H groups in total. The molecule has 174 valence electrons. The van der Waals surface area contributed by atoms with Gasteiger partial charge in [0, 0.05) is 24.3 Å². The van der Waals surface area contributed by atoms with E-state index < -0.39 is 23.8 Å². The van der Waals surface area contributed by atoms with Crippen molar-refractivity contribution in [2.75, 3.05) is 19.6 Å². The van der Waals surface area contributed by atoms with Crippen molar-refractivity contribution in [2.24, 2.45) is 5.92 Å². The highest BCUT2D eigenvalue weighted by Crippen LogP contribution is 2.47. The van der Waals surface area contributed by atoms with Gasteiger partial charge in [-0.05, 0) is 49.3 Å². The van der Waals surface area contributed by atoms with Gasteiger partial charge in [-0.15, -0.1) is 0 Å². The number of likely N-dealkylation sites (tertiary alicyclic amines) is 1. The van der Waals surface area contributed by atoms with Crippen molar-refractivity contribution in [3.8, 4) is 0 Å². The van der Waals surface area contributed by atoms with Crippen LogP contribution in [0.2, 0.25) is 5.02 Å². The molecule has 0 bridgehead atoms. The number of hydrogen-bond donors (Lipinski definition) is 1. The molecule has 1 atom stereocenters. The van der Waals surface area contributed by atoms with E-state index in [2.05, 4.69) is 5.32 Å². The van der Waals surface area contributed by atoms with Gasteiger partial charge in [0.2, 0.25) is 12.3 Å². The maximum atomic E-state index is 13.7. The molecule has 2 aliphatic rings. The highest BCUT2D eigenvalue weighted by molar-refractivity contribution is 6.36. The molecule has 10 heteroatoms. The van der Waals surface area contributed by atoms with Crippen molar-refractivity contribution in [3.63, 3.8) is 0 Å². The third kappa shape index (κ3) is 4.72. The Hall–Kier alpha value is -2.29. The molecule has 1 saturated heterocycles. The molecule has 2 heterocycles. The molecule has 0 spiro atoms. The summed E-state index contributed by atoms with van der Waals surface area (Å²) in [6.07, 6.45) is -2.69. The van der Waals surface area contributed by atoms with Crippen LogP contribution in [0.3, 0.4) is 0 Å². The fourth-order valence-electron chi connectivity index (χ4n) is 4.14. The number of carbonyl (C=O) groups is 2. The molecule has 1 aromatic carbocycles. The molecule has 1 unspecified atom stereocenters. The van der Waals surface area contributed by atoms with Crippen molar-refractivity contribution >= 4 is 34.9 Å². The van der Waals surface area contributed by atoms with Crippen molar-refractivity contribution in [3.05, 3.63) is 34.0 Å². The molecule has 2 fully saturated rings. The summed E-state index contributed by atoms with van der Waals surface area (Å²) in [5, 5.41) is 2.85. The summed E-state index contributed by atoms with van der Waals surface area (Å²) in [5.41, 5.74) is -0.538. The Morgan fingerprint density at radius 2 is 2.00 bits per heavy atom. The van der Waals surface area contributed by atoms with Crippen LogP contribution in [0.4, 0.5) is 17.6 Å². The van der Waals surface area contributed by atoms with Crippen LogP contribution in [0.25, 0.3) is 11.0 Å². The van der Waals surface area contributed by atoms with Crippen LogP contribution in [0.15, 0.2) is 16.5 Å². The topological polar surface area (TPSA) is 62.6 Å². The Bertz CT molecular complexity index is 1010. The molecule has 1 aliphatic carbocycles. The largest absolute Gasteiger partial charge is 0.459 e. The number of aryl methyl sites for hydroxylation is 1. The van der Waals surface area contributed by atoms with E-state index in [0.717, 1.165) is 18.9 Å². The lowest BCUT2D eigenvalue weighted by molar-refractivity contribution is -0.143. The second-order valence-corrected chi connectivity index (χ2v) is 8.87. The Labute approximate surface area is 187 Å². The zero-order valence-corrected chi connectivity index (χ0v) is 17.9. The molecule has 32 heavy (non-hydrogen) atoms. The van der Waals surface area contributed by atoms with Gasteiger partial charge in [0.15, 0.2) is 0 Å². The van der Waals surface area contributed by atoms with Gasteiger partial charge in [-0.3, -0.25) is 9.59 Å². The number of nitrogens with one attached hydrogen (secondary N) is 1. The first-order valence-corrected chi connectivity index (χ1v) is 11.0. The molecular weight excluding hydrogens is 452 g/mol. The van der Waals surface area contributed by atoms with Gasteiger partial charge in [-0.1, -0.05) is 11.6 Å². The van der Waals surface area contributed by atoms with Crippen LogP contribution in [0, 0.1) is 5.92 Å². The van der Waals surface area contributed by atoms with Gasteiger partial charge in [0.25, 0.3) is 0 Å². The third-order valence-corrected chi connectivity index (χ3v) is 6.52. The average molecular weight is 475 g/mol. The third-order valence-electron chi connectivity index (χ3n) is 6.11. The van der Waals surface area contributed by atoms with Gasteiger partial charge >= 0.3 is 6.18 Å². The van der Waals surface area contributed by atoms with Gasteiger partial charge in [0.1, 0.15) is 17.5 Å². The van der Waals surface area contributed by atoms with Crippen molar-refractivity contribution in [1.29, 1.82) is 0 Å². The summed E-state index contributed by atoms with van der Waals surface area (Å²) in [5.74, 6) is -0.486. The lowest BCUT2D eigenvalue weighted by Gasteiger charge is -2.37. The molecule has 2 aromatic rings. The maximum Gasteiger partial charge on any atom is 0.420 e. The molecule has 1 aromatic heterocycles. The highest BCUT2D eigenvalue weighted by Gasteiger charge is 2.38. The molecule has 5 nitrogen and oxygen atoms in total. The normalized spacial score (nSPS) is 18.0. The Kier molecular flexibility index (Phi) is 6.38. The highest BCUT2D eigenvalue weighted by atomic mass is 35.5. The van der Waals surface area contributed by atoms with Crippen molar-refractivity contribution in [1.82, 2.24) is 10.2 Å². The van der Waals surface area contributed by atoms with E-state index in [1.807, 2.05) is 0 Å². The van der Waals surface area contributed by atoms with Crippen LogP contribution in [-0.4, -0.2) is 43.0 Å². The molecule has 4 rings (SSSR count). The monoisotopic (exact) mass is 474 g/mol. The Morgan fingerprint density at radius 1 is 1.28 bits per heavy atom. The second kappa shape index (κ2) is 8.92. The summed E-state index contributed by atoms with van der Waals surface area (Å²) < 4.78 is 59.7. The Morgan fingerprint density at radius 3 is 2.59 bits per heavy atom. The molecule has 1 saturated carbocycles. The van der Waals surface area contributed by atoms with Crippen LogP contribution >= 0.6 is 11.6 Å². The minimum absolute atomic E-state index is 0.0285. The molecule has 1 aliphatic heterocycles. The summed E-state index contributed by atoms with van der Waals surface area (Å²) in [6.45, 7) is 0.311. The summed E-state index contributed by atoms with van der Waals surface area (Å²) in [7, 11) is 0. The minimum atomic E-state index is -4.58. The summed E-state index contributed by atoms with van der Waals surface area (Å²) in [4.78, 5) is 24.6. The van der Waals surface area contributed by atoms with Gasteiger partial charge in [-0.2, -0.15) is 13.2 Å². The zero-order valence-electron chi connectivity index (χ0n) is 17.2. The number of fused-ring (bicyclic) bond motifs is 1. The SMILES string of the molecule is O=CNCCC(CCc1oc2c(C(F)(F)F)cc(C3CC3)cc2c1Cl)C(=O)N1CC(F)C1. The van der Waals surface area contributed by atoms with Crippen molar-refractivity contribution in [2.45, 2.75) is 50.4 Å². The van der Waals surface area contributed by atoms with Crippen LogP contribution in [0.1, 0.15) is 48.5 Å². The van der Waals surface area contributed by atoms with Gasteiger partial charge in [0.05, 0.1) is 23.7 Å². The minimum Gasteiger partial charge on any atom is -0.459 e. The average Bonchev–Trinajstić information content (AvgIpc) is 3.51. The number of furan rings is 1. The number of carbonyl (C=O) groups excluding carboxylic acids is 2. The number of halogens is 5. The lowest BCUT2D eigenvalue weighted by Crippen LogP contribution is -2.53. The van der Waals surface area contributed by atoms with Gasteiger partial charge < -0.3 is 14.6 Å². The number of rotatable bonds is 9. The van der Waals surface area contributed by atoms with Crippen molar-refractivity contribution < 1.29 is 31.6 Å². The summed E-state index contributed by atoms with van der Waals surface area (Å²) >= 11 is 6.42. The van der Waals surface area contributed by atoms with Crippen LogP contribution in [-0.2, 0) is 22.2 Å². The Balaban J connectivity index is 1.57. The van der Waals surface area contributed by atoms with Gasteiger partial charge in [-0.25, -0.2) is 4.39 Å². The first kappa shape index (κ1) is 22.9. The maximum absolute atomic E-state index is 13.7. The number of amides is 2. The predicted molar refractivity (Wildman–Crippen MR) is 110 cm³/mol. The summed E-state index contributed by atoms with van der Waals surface area (Å²) in [6, 6.07) is 2.80. The number of benzene rings is 1. The van der Waals surface area contributed by atoms with E-state index in [1.54, 1.807) is 6.07 Å². The fourth-order valence-corrected chi connectivity index (χ4v) is 4.42. The zero-order chi connectivity index (χ0) is 23.0. The second-order valence-electron chi connectivity index (χ2n) is 8.49.